The Morgan fingerprint density at radius 3 is 1.70 bits per heavy atom. The number of methoxy groups -OCH3 is 3. The summed E-state index contributed by atoms with van der Waals surface area (Å²) in [6, 6.07) is 0. The summed E-state index contributed by atoms with van der Waals surface area (Å²) in [7, 11) is 4.24. The molecule has 0 aliphatic heterocycles. The minimum atomic E-state index is -1.19. The van der Waals surface area contributed by atoms with Crippen LogP contribution in [-0.2, 0) is 19.0 Å². The molecule has 0 aromatic rings. The predicted octanol–water partition coefficient (Wildman–Crippen LogP) is 0.168. The Kier molecular flexibility index (Phi) is 4.18. The number of carbonyl (C=O) groups is 1. The Balaban J connectivity index is 4.00. The van der Waals surface area contributed by atoms with Crippen molar-refractivity contribution in [2.45, 2.75) is 12.4 Å². The molecule has 0 fully saturated rings. The van der Waals surface area contributed by atoms with E-state index in [4.69, 9.17) is 14.2 Å². The lowest BCUT2D eigenvalue weighted by atomic mass is 10.4. The molecule has 0 aliphatic rings. The summed E-state index contributed by atoms with van der Waals surface area (Å²) in [5.41, 5.74) is 0. The SMILES string of the molecule is COC(CC=O)(OC)OC. The first-order valence-electron chi connectivity index (χ1n) is 2.83. The lowest BCUT2D eigenvalue weighted by molar-refractivity contribution is -0.349. The van der Waals surface area contributed by atoms with Gasteiger partial charge in [0.1, 0.15) is 6.29 Å². The number of aldehydes is 1. The van der Waals surface area contributed by atoms with E-state index in [1.165, 1.54) is 21.3 Å². The second-order valence-corrected chi connectivity index (χ2v) is 1.67. The van der Waals surface area contributed by atoms with Crippen molar-refractivity contribution in [1.29, 1.82) is 0 Å². The average Bonchev–Trinajstić information content (AvgIpc) is 2.01. The molecule has 0 aromatic carbocycles. The molecule has 0 spiro atoms. The van der Waals surface area contributed by atoms with Gasteiger partial charge in [-0.05, 0) is 0 Å². The van der Waals surface area contributed by atoms with Gasteiger partial charge in [-0.1, -0.05) is 0 Å². The molecule has 0 heterocycles. The number of rotatable bonds is 5. The van der Waals surface area contributed by atoms with Crippen LogP contribution >= 0.6 is 0 Å². The highest BCUT2D eigenvalue weighted by Gasteiger charge is 2.28. The number of hydrogen-bond acceptors (Lipinski definition) is 4. The minimum absolute atomic E-state index is 0.0660. The van der Waals surface area contributed by atoms with Crippen LogP contribution in [-0.4, -0.2) is 33.6 Å². The third-order valence-electron chi connectivity index (χ3n) is 1.27. The van der Waals surface area contributed by atoms with Crippen molar-refractivity contribution in [1.82, 2.24) is 0 Å². The molecule has 0 bridgehead atoms. The van der Waals surface area contributed by atoms with Crippen LogP contribution in [0.25, 0.3) is 0 Å². The van der Waals surface area contributed by atoms with Crippen molar-refractivity contribution in [3.05, 3.63) is 0 Å². The third-order valence-corrected chi connectivity index (χ3v) is 1.27. The van der Waals surface area contributed by atoms with Crippen LogP contribution in [0.4, 0.5) is 0 Å². The summed E-state index contributed by atoms with van der Waals surface area (Å²) in [6.07, 6.45) is 0.743. The summed E-state index contributed by atoms with van der Waals surface area (Å²) < 4.78 is 14.4. The van der Waals surface area contributed by atoms with Crippen molar-refractivity contribution in [2.75, 3.05) is 21.3 Å². The van der Waals surface area contributed by atoms with Gasteiger partial charge in [0.05, 0.1) is 6.42 Å². The quantitative estimate of drug-likeness (QED) is 0.412. The van der Waals surface area contributed by atoms with Gasteiger partial charge in [-0.25, -0.2) is 0 Å². The van der Waals surface area contributed by atoms with E-state index in [1.54, 1.807) is 0 Å². The fourth-order valence-electron chi connectivity index (χ4n) is 0.602. The lowest BCUT2D eigenvalue weighted by Gasteiger charge is -2.26. The summed E-state index contributed by atoms with van der Waals surface area (Å²) in [6.45, 7) is 0. The number of ether oxygens (including phenoxy) is 3. The molecule has 0 N–H and O–H groups in total. The van der Waals surface area contributed by atoms with E-state index in [2.05, 4.69) is 0 Å². The van der Waals surface area contributed by atoms with Crippen LogP contribution < -0.4 is 0 Å². The average molecular weight is 148 g/mol. The molecule has 0 atom stereocenters. The molecule has 60 valence electrons. The minimum Gasteiger partial charge on any atom is -0.330 e. The predicted molar refractivity (Wildman–Crippen MR) is 34.4 cm³/mol. The fraction of sp³-hybridized carbons (Fsp3) is 0.833. The Hall–Kier alpha value is -0.450. The van der Waals surface area contributed by atoms with E-state index >= 15 is 0 Å². The molecule has 0 rings (SSSR count). The normalized spacial score (nSPS) is 11.5. The zero-order chi connectivity index (χ0) is 8.04. The van der Waals surface area contributed by atoms with E-state index in [0.29, 0.717) is 6.29 Å². The van der Waals surface area contributed by atoms with E-state index in [9.17, 15) is 4.79 Å². The van der Waals surface area contributed by atoms with Gasteiger partial charge < -0.3 is 19.0 Å². The summed E-state index contributed by atoms with van der Waals surface area (Å²) in [5.74, 6) is -1.19. The first-order valence-corrected chi connectivity index (χ1v) is 2.83. The number of carbonyl (C=O) groups excluding carboxylic acids is 1. The lowest BCUT2D eigenvalue weighted by Crippen LogP contribution is -2.36. The topological polar surface area (TPSA) is 44.8 Å². The molecule has 4 heteroatoms. The zero-order valence-corrected chi connectivity index (χ0v) is 6.42. The molecule has 0 saturated carbocycles. The largest absolute Gasteiger partial charge is 0.330 e. The second-order valence-electron chi connectivity index (χ2n) is 1.67. The van der Waals surface area contributed by atoms with E-state index in [1.807, 2.05) is 0 Å². The van der Waals surface area contributed by atoms with Gasteiger partial charge in [0, 0.05) is 21.3 Å². The second kappa shape index (κ2) is 4.38. The highest BCUT2D eigenvalue weighted by Crippen LogP contribution is 2.14. The van der Waals surface area contributed by atoms with Gasteiger partial charge in [0.25, 0.3) is 5.97 Å². The Bertz CT molecular complexity index is 89.7. The van der Waals surface area contributed by atoms with Gasteiger partial charge in [-0.2, -0.15) is 0 Å². The maximum absolute atomic E-state index is 10.1. The maximum atomic E-state index is 10.1. The third kappa shape index (κ3) is 2.06. The van der Waals surface area contributed by atoms with Crippen LogP contribution in [0.5, 0.6) is 0 Å². The van der Waals surface area contributed by atoms with Crippen LogP contribution in [0.3, 0.4) is 0 Å². The molecule has 0 saturated heterocycles. The smallest absolute Gasteiger partial charge is 0.289 e. The highest BCUT2D eigenvalue weighted by atomic mass is 16.9. The molecule has 4 nitrogen and oxygen atoms in total. The molecule has 0 amide bonds. The van der Waals surface area contributed by atoms with Gasteiger partial charge in [0.15, 0.2) is 0 Å². The Labute approximate surface area is 60.1 Å². The maximum Gasteiger partial charge on any atom is 0.289 e. The number of hydrogen-bond donors (Lipinski definition) is 0. The van der Waals surface area contributed by atoms with E-state index in [-0.39, 0.29) is 6.42 Å². The first kappa shape index (κ1) is 9.55. The Morgan fingerprint density at radius 2 is 1.60 bits per heavy atom. The summed E-state index contributed by atoms with van der Waals surface area (Å²) >= 11 is 0. The summed E-state index contributed by atoms with van der Waals surface area (Å²) in [4.78, 5) is 10.1. The van der Waals surface area contributed by atoms with Crippen LogP contribution in [0.15, 0.2) is 0 Å². The van der Waals surface area contributed by atoms with E-state index < -0.39 is 5.97 Å². The van der Waals surface area contributed by atoms with Crippen molar-refractivity contribution in [3.63, 3.8) is 0 Å². The van der Waals surface area contributed by atoms with Crippen molar-refractivity contribution >= 4 is 6.29 Å². The first-order chi connectivity index (χ1) is 4.74. The fourth-order valence-corrected chi connectivity index (χ4v) is 0.602. The van der Waals surface area contributed by atoms with Crippen LogP contribution in [0, 0.1) is 0 Å². The molecule has 0 aromatic heterocycles. The molecule has 10 heavy (non-hydrogen) atoms. The van der Waals surface area contributed by atoms with Crippen molar-refractivity contribution in [2.24, 2.45) is 0 Å². The molecule has 0 aliphatic carbocycles. The van der Waals surface area contributed by atoms with Crippen molar-refractivity contribution < 1.29 is 19.0 Å². The van der Waals surface area contributed by atoms with Crippen molar-refractivity contribution in [3.8, 4) is 0 Å². The molecule has 0 unspecified atom stereocenters. The van der Waals surface area contributed by atoms with Gasteiger partial charge in [0.2, 0.25) is 0 Å². The van der Waals surface area contributed by atoms with Gasteiger partial charge in [-0.3, -0.25) is 0 Å². The molecular weight excluding hydrogens is 136 g/mol. The highest BCUT2D eigenvalue weighted by molar-refractivity contribution is 5.50. The zero-order valence-electron chi connectivity index (χ0n) is 6.42. The molecule has 0 radical (unpaired) electrons. The van der Waals surface area contributed by atoms with E-state index in [0.717, 1.165) is 0 Å². The van der Waals surface area contributed by atoms with Gasteiger partial charge in [-0.15, -0.1) is 0 Å². The van der Waals surface area contributed by atoms with Crippen LogP contribution in [0.2, 0.25) is 0 Å². The summed E-state index contributed by atoms with van der Waals surface area (Å²) in [5, 5.41) is 0. The standard InChI is InChI=1S/C6H12O4/c1-8-6(9-2,10-3)4-5-7/h5H,4H2,1-3H3. The molecular formula is C6H12O4. The Morgan fingerprint density at radius 1 is 1.20 bits per heavy atom. The van der Waals surface area contributed by atoms with Crippen LogP contribution in [0.1, 0.15) is 6.42 Å². The van der Waals surface area contributed by atoms with Gasteiger partial charge >= 0.3 is 0 Å². The monoisotopic (exact) mass is 148 g/mol.